The van der Waals surface area contributed by atoms with E-state index in [-0.39, 0.29) is 35.8 Å². The molecule has 0 radical (unpaired) electrons. The van der Waals surface area contributed by atoms with Crippen LogP contribution >= 0.6 is 24.0 Å². The standard InChI is InChI=1S/C22H29N5O3.HI/c1-4-23-22(24-16-17-7-9-18(10-8-17)20(28)25(2)3)27-13-11-26(12-14-27)21(29)19-6-5-15-30-19;/h5-10,15H,4,11-14,16H2,1-3H3,(H,23,24);1H. The second kappa shape index (κ2) is 11.7. The van der Waals surface area contributed by atoms with Gasteiger partial charge in [0.25, 0.3) is 11.8 Å². The van der Waals surface area contributed by atoms with Crippen molar-refractivity contribution >= 4 is 41.8 Å². The maximum Gasteiger partial charge on any atom is 0.289 e. The Bertz CT molecular complexity index is 873. The summed E-state index contributed by atoms with van der Waals surface area (Å²) in [4.78, 5) is 34.7. The summed E-state index contributed by atoms with van der Waals surface area (Å²) in [6.07, 6.45) is 1.52. The lowest BCUT2D eigenvalue weighted by atomic mass is 10.1. The van der Waals surface area contributed by atoms with E-state index in [0.717, 1.165) is 18.1 Å². The summed E-state index contributed by atoms with van der Waals surface area (Å²) in [5.74, 6) is 1.12. The molecular weight excluding hydrogens is 509 g/mol. The molecule has 168 valence electrons. The van der Waals surface area contributed by atoms with Crippen molar-refractivity contribution < 1.29 is 14.0 Å². The molecule has 1 aliphatic heterocycles. The minimum absolute atomic E-state index is 0. The third-order valence-electron chi connectivity index (χ3n) is 4.95. The van der Waals surface area contributed by atoms with Gasteiger partial charge < -0.3 is 24.4 Å². The van der Waals surface area contributed by atoms with Gasteiger partial charge in [-0.25, -0.2) is 4.99 Å². The van der Waals surface area contributed by atoms with Gasteiger partial charge in [0.1, 0.15) is 0 Å². The molecule has 1 fully saturated rings. The highest BCUT2D eigenvalue weighted by Gasteiger charge is 2.25. The smallest absolute Gasteiger partial charge is 0.289 e. The zero-order chi connectivity index (χ0) is 21.5. The van der Waals surface area contributed by atoms with Gasteiger partial charge in [-0.05, 0) is 36.8 Å². The normalized spacial score (nSPS) is 14.1. The number of piperazine rings is 1. The Kier molecular flexibility index (Phi) is 9.35. The number of nitrogens with one attached hydrogen (secondary N) is 1. The molecule has 0 bridgehead atoms. The molecule has 2 heterocycles. The molecule has 31 heavy (non-hydrogen) atoms. The van der Waals surface area contributed by atoms with Crippen molar-refractivity contribution in [1.82, 2.24) is 20.0 Å². The average molecular weight is 539 g/mol. The van der Waals surface area contributed by atoms with E-state index >= 15 is 0 Å². The number of carbonyl (C=O) groups is 2. The van der Waals surface area contributed by atoms with Crippen LogP contribution in [0.15, 0.2) is 52.1 Å². The van der Waals surface area contributed by atoms with E-state index in [1.807, 2.05) is 31.2 Å². The topological polar surface area (TPSA) is 81.4 Å². The second-order valence-corrected chi connectivity index (χ2v) is 7.32. The van der Waals surface area contributed by atoms with Crippen LogP contribution in [0.1, 0.15) is 33.4 Å². The van der Waals surface area contributed by atoms with E-state index in [9.17, 15) is 9.59 Å². The van der Waals surface area contributed by atoms with Gasteiger partial charge in [-0.15, -0.1) is 24.0 Å². The number of hydrogen-bond donors (Lipinski definition) is 1. The molecule has 0 saturated carbocycles. The molecule has 2 amide bonds. The number of carbonyl (C=O) groups excluding carboxylic acids is 2. The molecule has 8 nitrogen and oxygen atoms in total. The largest absolute Gasteiger partial charge is 0.459 e. The summed E-state index contributed by atoms with van der Waals surface area (Å²) < 4.78 is 5.22. The van der Waals surface area contributed by atoms with E-state index in [2.05, 4.69) is 10.2 Å². The van der Waals surface area contributed by atoms with Gasteiger partial charge in [0, 0.05) is 52.4 Å². The van der Waals surface area contributed by atoms with Crippen LogP contribution in [0.4, 0.5) is 0 Å². The van der Waals surface area contributed by atoms with Gasteiger partial charge >= 0.3 is 0 Å². The summed E-state index contributed by atoms with van der Waals surface area (Å²) in [6, 6.07) is 11.0. The highest BCUT2D eigenvalue weighted by Crippen LogP contribution is 2.11. The molecule has 1 aliphatic rings. The zero-order valence-corrected chi connectivity index (χ0v) is 20.5. The summed E-state index contributed by atoms with van der Waals surface area (Å²) in [7, 11) is 3.48. The predicted octanol–water partition coefficient (Wildman–Crippen LogP) is 2.52. The van der Waals surface area contributed by atoms with Crippen LogP contribution in [-0.2, 0) is 6.54 Å². The SMILES string of the molecule is CCNC(=NCc1ccc(C(=O)N(C)C)cc1)N1CCN(C(=O)c2ccco2)CC1.I. The van der Waals surface area contributed by atoms with Crippen molar-refractivity contribution in [2.45, 2.75) is 13.5 Å². The van der Waals surface area contributed by atoms with Gasteiger partial charge in [0.05, 0.1) is 12.8 Å². The molecule has 0 unspecified atom stereocenters. The lowest BCUT2D eigenvalue weighted by molar-refractivity contribution is 0.0657. The maximum atomic E-state index is 12.4. The van der Waals surface area contributed by atoms with Crippen molar-refractivity contribution in [3.8, 4) is 0 Å². The average Bonchev–Trinajstić information content (AvgIpc) is 3.31. The first-order valence-electron chi connectivity index (χ1n) is 10.2. The number of guanidine groups is 1. The molecule has 2 aromatic rings. The fourth-order valence-electron chi connectivity index (χ4n) is 3.28. The van der Waals surface area contributed by atoms with Crippen LogP contribution in [0.25, 0.3) is 0 Å². The first-order valence-corrected chi connectivity index (χ1v) is 10.2. The van der Waals surface area contributed by atoms with Crippen molar-refractivity contribution in [2.24, 2.45) is 4.99 Å². The molecule has 1 N–H and O–H groups in total. The number of rotatable bonds is 5. The molecule has 0 spiro atoms. The molecule has 1 aromatic heterocycles. The summed E-state index contributed by atoms with van der Waals surface area (Å²) in [5.41, 5.74) is 1.70. The zero-order valence-electron chi connectivity index (χ0n) is 18.2. The lowest BCUT2D eigenvalue weighted by Gasteiger charge is -2.36. The molecule has 1 saturated heterocycles. The predicted molar refractivity (Wildman–Crippen MR) is 131 cm³/mol. The van der Waals surface area contributed by atoms with E-state index in [0.29, 0.717) is 44.0 Å². The fraction of sp³-hybridized carbons (Fsp3) is 0.409. The molecule has 3 rings (SSSR count). The monoisotopic (exact) mass is 539 g/mol. The minimum Gasteiger partial charge on any atom is -0.459 e. The first-order chi connectivity index (χ1) is 14.5. The summed E-state index contributed by atoms with van der Waals surface area (Å²) in [6.45, 7) is 5.96. The molecule has 0 aliphatic carbocycles. The molecular formula is C22H30IN5O3. The quantitative estimate of drug-likeness (QED) is 0.359. The van der Waals surface area contributed by atoms with Crippen molar-refractivity contribution in [1.29, 1.82) is 0 Å². The van der Waals surface area contributed by atoms with Crippen molar-refractivity contribution in [3.05, 3.63) is 59.5 Å². The number of halogens is 1. The van der Waals surface area contributed by atoms with Crippen LogP contribution in [0, 0.1) is 0 Å². The van der Waals surface area contributed by atoms with Gasteiger partial charge in [0.15, 0.2) is 11.7 Å². The Morgan fingerprint density at radius 1 is 1.06 bits per heavy atom. The number of furan rings is 1. The fourth-order valence-corrected chi connectivity index (χ4v) is 3.28. The van der Waals surface area contributed by atoms with Crippen LogP contribution in [0.3, 0.4) is 0 Å². The molecule has 0 atom stereocenters. The summed E-state index contributed by atoms with van der Waals surface area (Å²) >= 11 is 0. The van der Waals surface area contributed by atoms with Crippen LogP contribution in [0.5, 0.6) is 0 Å². The maximum absolute atomic E-state index is 12.4. The van der Waals surface area contributed by atoms with Gasteiger partial charge in [-0.3, -0.25) is 9.59 Å². The van der Waals surface area contributed by atoms with E-state index in [1.54, 1.807) is 36.0 Å². The van der Waals surface area contributed by atoms with Crippen molar-refractivity contribution in [3.63, 3.8) is 0 Å². The third kappa shape index (κ3) is 6.46. The summed E-state index contributed by atoms with van der Waals surface area (Å²) in [5, 5.41) is 3.33. The first kappa shape index (κ1) is 24.7. The highest BCUT2D eigenvalue weighted by atomic mass is 127. The number of aliphatic imine (C=N–C) groups is 1. The van der Waals surface area contributed by atoms with Crippen molar-refractivity contribution in [2.75, 3.05) is 46.8 Å². The number of benzene rings is 1. The van der Waals surface area contributed by atoms with Gasteiger partial charge in [-0.1, -0.05) is 12.1 Å². The van der Waals surface area contributed by atoms with E-state index in [1.165, 1.54) is 6.26 Å². The lowest BCUT2D eigenvalue weighted by Crippen LogP contribution is -2.53. The molecule has 9 heteroatoms. The van der Waals surface area contributed by atoms with Crippen LogP contribution < -0.4 is 5.32 Å². The number of nitrogens with zero attached hydrogens (tertiary/aromatic N) is 4. The second-order valence-electron chi connectivity index (χ2n) is 7.32. The third-order valence-corrected chi connectivity index (χ3v) is 4.95. The minimum atomic E-state index is -0.0750. The Hall–Kier alpha value is -2.56. The molecule has 1 aromatic carbocycles. The number of amides is 2. The highest BCUT2D eigenvalue weighted by molar-refractivity contribution is 14.0. The van der Waals surface area contributed by atoms with Gasteiger partial charge in [0.2, 0.25) is 0 Å². The van der Waals surface area contributed by atoms with E-state index < -0.39 is 0 Å². The van der Waals surface area contributed by atoms with Gasteiger partial charge in [-0.2, -0.15) is 0 Å². The Balaban J connectivity index is 0.00000341. The number of hydrogen-bond acceptors (Lipinski definition) is 4. The van der Waals surface area contributed by atoms with Crippen LogP contribution in [0.2, 0.25) is 0 Å². The van der Waals surface area contributed by atoms with E-state index in [4.69, 9.17) is 9.41 Å². The Labute approximate surface area is 200 Å². The Morgan fingerprint density at radius 3 is 2.26 bits per heavy atom. The Morgan fingerprint density at radius 2 is 1.71 bits per heavy atom. The van der Waals surface area contributed by atoms with Crippen LogP contribution in [-0.4, -0.2) is 79.3 Å².